The van der Waals surface area contributed by atoms with Gasteiger partial charge in [-0.1, -0.05) is 38.1 Å². The SMILES string of the molecule is CC(C)c1ccccc1Nc1cnnc(Nc2cccc(F)c2)n1. The third-order valence-corrected chi connectivity index (χ3v) is 3.49. The van der Waals surface area contributed by atoms with E-state index < -0.39 is 0 Å². The van der Waals surface area contributed by atoms with Crippen LogP contribution in [0, 0.1) is 5.82 Å². The first-order valence-electron chi connectivity index (χ1n) is 7.70. The molecule has 0 unspecified atom stereocenters. The summed E-state index contributed by atoms with van der Waals surface area (Å²) in [6.45, 7) is 4.27. The van der Waals surface area contributed by atoms with Gasteiger partial charge in [0.2, 0.25) is 5.95 Å². The van der Waals surface area contributed by atoms with Crippen molar-refractivity contribution in [1.82, 2.24) is 15.2 Å². The molecule has 0 bridgehead atoms. The summed E-state index contributed by atoms with van der Waals surface area (Å²) in [5, 5.41) is 14.1. The number of halogens is 1. The highest BCUT2D eigenvalue weighted by Gasteiger charge is 2.08. The predicted molar refractivity (Wildman–Crippen MR) is 93.3 cm³/mol. The largest absolute Gasteiger partial charge is 0.339 e. The fraction of sp³-hybridized carbons (Fsp3) is 0.167. The van der Waals surface area contributed by atoms with Gasteiger partial charge in [0.25, 0.3) is 0 Å². The van der Waals surface area contributed by atoms with Crippen molar-refractivity contribution in [3.8, 4) is 0 Å². The average molecular weight is 323 g/mol. The van der Waals surface area contributed by atoms with Gasteiger partial charge < -0.3 is 10.6 Å². The van der Waals surface area contributed by atoms with Crippen molar-refractivity contribution in [2.24, 2.45) is 0 Å². The second kappa shape index (κ2) is 7.04. The Morgan fingerprint density at radius 3 is 2.62 bits per heavy atom. The fourth-order valence-electron chi connectivity index (χ4n) is 2.36. The summed E-state index contributed by atoms with van der Waals surface area (Å²) in [6.07, 6.45) is 1.55. The number of aromatic nitrogens is 3. The van der Waals surface area contributed by atoms with Crippen molar-refractivity contribution in [3.63, 3.8) is 0 Å². The van der Waals surface area contributed by atoms with Crippen LogP contribution < -0.4 is 10.6 Å². The highest BCUT2D eigenvalue weighted by Crippen LogP contribution is 2.26. The molecule has 3 aromatic rings. The molecule has 0 radical (unpaired) electrons. The Labute approximate surface area is 140 Å². The Kier molecular flexibility index (Phi) is 4.65. The molecule has 0 spiro atoms. The van der Waals surface area contributed by atoms with E-state index in [0.717, 1.165) is 5.69 Å². The van der Waals surface area contributed by atoms with Gasteiger partial charge in [-0.3, -0.25) is 0 Å². The Morgan fingerprint density at radius 2 is 1.83 bits per heavy atom. The molecule has 0 fully saturated rings. The molecule has 0 aliphatic heterocycles. The molecule has 24 heavy (non-hydrogen) atoms. The summed E-state index contributed by atoms with van der Waals surface area (Å²) in [7, 11) is 0. The zero-order valence-corrected chi connectivity index (χ0v) is 13.5. The highest BCUT2D eigenvalue weighted by molar-refractivity contribution is 5.62. The summed E-state index contributed by atoms with van der Waals surface area (Å²) in [4.78, 5) is 4.38. The van der Waals surface area contributed by atoms with Crippen molar-refractivity contribution in [2.75, 3.05) is 10.6 Å². The summed E-state index contributed by atoms with van der Waals surface area (Å²) in [5.74, 6) is 0.922. The van der Waals surface area contributed by atoms with Gasteiger partial charge in [-0.15, -0.1) is 5.10 Å². The first kappa shape index (κ1) is 15.9. The van der Waals surface area contributed by atoms with E-state index in [1.165, 1.54) is 17.7 Å². The molecule has 0 saturated heterocycles. The Balaban J connectivity index is 1.81. The maximum atomic E-state index is 13.2. The van der Waals surface area contributed by atoms with E-state index in [0.29, 0.717) is 23.4 Å². The van der Waals surface area contributed by atoms with Crippen LogP contribution in [0.3, 0.4) is 0 Å². The zero-order valence-electron chi connectivity index (χ0n) is 13.5. The average Bonchev–Trinajstić information content (AvgIpc) is 2.55. The Hall–Kier alpha value is -3.02. The van der Waals surface area contributed by atoms with E-state index in [1.54, 1.807) is 18.3 Å². The highest BCUT2D eigenvalue weighted by atomic mass is 19.1. The number of rotatable bonds is 5. The number of para-hydroxylation sites is 1. The van der Waals surface area contributed by atoms with Gasteiger partial charge >= 0.3 is 0 Å². The lowest BCUT2D eigenvalue weighted by molar-refractivity contribution is 0.628. The second-order valence-corrected chi connectivity index (χ2v) is 5.67. The molecule has 0 saturated carbocycles. The molecule has 122 valence electrons. The summed E-state index contributed by atoms with van der Waals surface area (Å²) in [6, 6.07) is 14.2. The molecule has 0 amide bonds. The zero-order chi connectivity index (χ0) is 16.9. The molecule has 1 heterocycles. The molecule has 0 atom stereocenters. The minimum atomic E-state index is -0.326. The normalized spacial score (nSPS) is 10.7. The van der Waals surface area contributed by atoms with Crippen molar-refractivity contribution in [2.45, 2.75) is 19.8 Å². The van der Waals surface area contributed by atoms with E-state index >= 15 is 0 Å². The fourth-order valence-corrected chi connectivity index (χ4v) is 2.36. The van der Waals surface area contributed by atoms with Crippen LogP contribution >= 0.6 is 0 Å². The molecule has 6 heteroatoms. The second-order valence-electron chi connectivity index (χ2n) is 5.67. The molecule has 2 N–H and O–H groups in total. The van der Waals surface area contributed by atoms with Gasteiger partial charge in [0.1, 0.15) is 5.82 Å². The Morgan fingerprint density at radius 1 is 1.00 bits per heavy atom. The quantitative estimate of drug-likeness (QED) is 0.717. The number of nitrogens with one attached hydrogen (secondary N) is 2. The number of nitrogens with zero attached hydrogens (tertiary/aromatic N) is 3. The van der Waals surface area contributed by atoms with Gasteiger partial charge in [0.05, 0.1) is 6.20 Å². The number of benzene rings is 2. The minimum Gasteiger partial charge on any atom is -0.339 e. The molecule has 1 aromatic heterocycles. The van der Waals surface area contributed by atoms with Crippen molar-refractivity contribution < 1.29 is 4.39 Å². The molecular formula is C18H18FN5. The van der Waals surface area contributed by atoms with Gasteiger partial charge in [-0.25, -0.2) is 4.39 Å². The van der Waals surface area contributed by atoms with E-state index in [2.05, 4.69) is 45.7 Å². The maximum Gasteiger partial charge on any atom is 0.249 e. The third kappa shape index (κ3) is 3.84. The number of hydrogen-bond donors (Lipinski definition) is 2. The summed E-state index contributed by atoms with van der Waals surface area (Å²) >= 11 is 0. The van der Waals surface area contributed by atoms with Crippen molar-refractivity contribution in [3.05, 3.63) is 66.1 Å². The summed E-state index contributed by atoms with van der Waals surface area (Å²) < 4.78 is 13.2. The lowest BCUT2D eigenvalue weighted by atomic mass is 10.0. The topological polar surface area (TPSA) is 62.7 Å². The molecule has 2 aromatic carbocycles. The van der Waals surface area contributed by atoms with E-state index in [-0.39, 0.29) is 5.82 Å². The lowest BCUT2D eigenvalue weighted by Crippen LogP contribution is -2.04. The molecule has 5 nitrogen and oxygen atoms in total. The first-order valence-corrected chi connectivity index (χ1v) is 7.70. The van der Waals surface area contributed by atoms with Crippen LogP contribution in [-0.4, -0.2) is 15.2 Å². The van der Waals surface area contributed by atoms with Gasteiger partial charge in [-0.05, 0) is 35.7 Å². The first-order chi connectivity index (χ1) is 11.6. The smallest absolute Gasteiger partial charge is 0.249 e. The number of anilines is 4. The standard InChI is InChI=1S/C18H18FN5/c1-12(2)15-8-3-4-9-16(15)22-17-11-20-24-18(23-17)21-14-7-5-6-13(19)10-14/h3-12H,1-2H3,(H2,21,22,23,24). The molecule has 3 rings (SSSR count). The van der Waals surface area contributed by atoms with E-state index in [9.17, 15) is 4.39 Å². The predicted octanol–water partition coefficient (Wildman–Crippen LogP) is 4.62. The Bertz CT molecular complexity index is 835. The van der Waals surface area contributed by atoms with Crippen molar-refractivity contribution >= 4 is 23.1 Å². The van der Waals surface area contributed by atoms with Gasteiger partial charge in [0, 0.05) is 11.4 Å². The van der Waals surface area contributed by atoms with Gasteiger partial charge in [-0.2, -0.15) is 10.1 Å². The van der Waals surface area contributed by atoms with Crippen LogP contribution in [0.1, 0.15) is 25.3 Å². The van der Waals surface area contributed by atoms with Crippen LogP contribution in [0.2, 0.25) is 0 Å². The van der Waals surface area contributed by atoms with Crippen LogP contribution in [-0.2, 0) is 0 Å². The third-order valence-electron chi connectivity index (χ3n) is 3.49. The monoisotopic (exact) mass is 323 g/mol. The summed E-state index contributed by atoms with van der Waals surface area (Å²) in [5.41, 5.74) is 2.73. The number of hydrogen-bond acceptors (Lipinski definition) is 5. The minimum absolute atomic E-state index is 0.299. The van der Waals surface area contributed by atoms with E-state index in [4.69, 9.17) is 0 Å². The lowest BCUT2D eigenvalue weighted by Gasteiger charge is -2.14. The maximum absolute atomic E-state index is 13.2. The molecule has 0 aliphatic carbocycles. The van der Waals surface area contributed by atoms with Crippen molar-refractivity contribution in [1.29, 1.82) is 0 Å². The van der Waals surface area contributed by atoms with Gasteiger partial charge in [0.15, 0.2) is 5.82 Å². The molecule has 0 aliphatic rings. The van der Waals surface area contributed by atoms with E-state index in [1.807, 2.05) is 18.2 Å². The molecular weight excluding hydrogens is 305 g/mol. The van der Waals surface area contributed by atoms with Crippen LogP contribution in [0.25, 0.3) is 0 Å². The van der Waals surface area contributed by atoms with Crippen LogP contribution in [0.4, 0.5) is 27.5 Å². The van der Waals surface area contributed by atoms with Crippen LogP contribution in [0.15, 0.2) is 54.7 Å². The van der Waals surface area contributed by atoms with Crippen LogP contribution in [0.5, 0.6) is 0 Å².